The van der Waals surface area contributed by atoms with Crippen LogP contribution in [-0.2, 0) is 11.2 Å². The molecule has 1 fully saturated rings. The molecule has 28 heavy (non-hydrogen) atoms. The van der Waals surface area contributed by atoms with E-state index in [-0.39, 0.29) is 5.91 Å². The second kappa shape index (κ2) is 7.73. The van der Waals surface area contributed by atoms with E-state index in [0.717, 1.165) is 30.0 Å². The van der Waals surface area contributed by atoms with Gasteiger partial charge in [-0.1, -0.05) is 17.8 Å². The van der Waals surface area contributed by atoms with E-state index in [1.807, 2.05) is 12.1 Å². The minimum Gasteiger partial charge on any atom is -0.374 e. The number of benzene rings is 1. The molecule has 2 aliphatic rings. The Hall–Kier alpha value is -2.71. The molecule has 1 aromatic heterocycles. The van der Waals surface area contributed by atoms with Gasteiger partial charge in [0.05, 0.1) is 4.91 Å². The maximum Gasteiger partial charge on any atom is 0.285 e. The van der Waals surface area contributed by atoms with E-state index >= 15 is 0 Å². The number of hydrazine groups is 1. The first-order chi connectivity index (χ1) is 13.5. The summed E-state index contributed by atoms with van der Waals surface area (Å²) in [5, 5.41) is 1.13. The van der Waals surface area contributed by atoms with Crippen LogP contribution in [0.1, 0.15) is 27.9 Å². The van der Waals surface area contributed by atoms with Crippen molar-refractivity contribution >= 4 is 51.9 Å². The highest BCUT2D eigenvalue weighted by atomic mass is 32.2. The molecule has 2 amide bonds. The van der Waals surface area contributed by atoms with Crippen molar-refractivity contribution in [1.29, 1.82) is 0 Å². The summed E-state index contributed by atoms with van der Waals surface area (Å²) in [4.78, 5) is 31.7. The Labute approximate surface area is 172 Å². The first kappa shape index (κ1) is 18.6. The number of aryl methyl sites for hydroxylation is 1. The fraction of sp³-hybridized carbons (Fsp3) is 0.200. The van der Waals surface area contributed by atoms with Crippen LogP contribution < -0.4 is 10.3 Å². The van der Waals surface area contributed by atoms with Crippen LogP contribution in [0, 0.1) is 0 Å². The lowest BCUT2D eigenvalue weighted by molar-refractivity contribution is -0.123. The molecule has 4 rings (SSSR count). The molecular formula is C20H18N4O2S2. The Morgan fingerprint density at radius 2 is 2.07 bits per heavy atom. The van der Waals surface area contributed by atoms with E-state index in [0.29, 0.717) is 14.8 Å². The van der Waals surface area contributed by atoms with Crippen LogP contribution >= 0.6 is 24.0 Å². The zero-order valence-electron chi connectivity index (χ0n) is 15.2. The lowest BCUT2D eigenvalue weighted by Crippen LogP contribution is -2.44. The Kier molecular flexibility index (Phi) is 5.15. The van der Waals surface area contributed by atoms with E-state index < -0.39 is 5.91 Å². The number of hydrogen-bond donors (Lipinski definition) is 1. The van der Waals surface area contributed by atoms with Gasteiger partial charge in [0, 0.05) is 37.2 Å². The minimum absolute atomic E-state index is 0.302. The maximum absolute atomic E-state index is 12.7. The Morgan fingerprint density at radius 1 is 1.29 bits per heavy atom. The number of carbonyl (C=O) groups is 2. The van der Waals surface area contributed by atoms with Gasteiger partial charge in [0.25, 0.3) is 11.8 Å². The van der Waals surface area contributed by atoms with Crippen molar-refractivity contribution in [3.63, 3.8) is 0 Å². The van der Waals surface area contributed by atoms with Crippen molar-refractivity contribution in [1.82, 2.24) is 15.4 Å². The smallest absolute Gasteiger partial charge is 0.285 e. The summed E-state index contributed by atoms with van der Waals surface area (Å²) < 4.78 is 0.302. The lowest BCUT2D eigenvalue weighted by Gasteiger charge is -2.27. The summed E-state index contributed by atoms with van der Waals surface area (Å²) in [7, 11) is 2.09. The number of anilines is 1. The third kappa shape index (κ3) is 3.65. The summed E-state index contributed by atoms with van der Waals surface area (Å²) in [6, 6.07) is 9.36. The first-order valence-corrected chi connectivity index (χ1v) is 10.1. The summed E-state index contributed by atoms with van der Waals surface area (Å²) in [6.45, 7) is 1.06. The van der Waals surface area contributed by atoms with E-state index in [1.165, 1.54) is 35.4 Å². The van der Waals surface area contributed by atoms with Crippen LogP contribution in [-0.4, -0.2) is 39.7 Å². The number of aromatic nitrogens is 1. The van der Waals surface area contributed by atoms with Gasteiger partial charge in [0.1, 0.15) is 0 Å². The highest BCUT2D eigenvalue weighted by Gasteiger charge is 2.33. The standard InChI is InChI=1S/C20H18N4O2S2/c1-23-10-2-3-15-11-13(4-5-16(15)23)12-17-19(26)24(20(27)28-17)22-18(25)14-6-8-21-9-7-14/h4-9,11-12H,2-3,10H2,1H3,(H,22,25). The molecule has 0 spiro atoms. The zero-order chi connectivity index (χ0) is 19.7. The van der Waals surface area contributed by atoms with Crippen molar-refractivity contribution in [2.75, 3.05) is 18.5 Å². The topological polar surface area (TPSA) is 65.5 Å². The van der Waals surface area contributed by atoms with Crippen molar-refractivity contribution in [2.45, 2.75) is 12.8 Å². The molecule has 2 aliphatic heterocycles. The van der Waals surface area contributed by atoms with Gasteiger partial charge in [-0.3, -0.25) is 20.0 Å². The van der Waals surface area contributed by atoms with Crippen molar-refractivity contribution in [3.05, 3.63) is 64.3 Å². The van der Waals surface area contributed by atoms with E-state index in [9.17, 15) is 9.59 Å². The number of carbonyl (C=O) groups excluding carboxylic acids is 2. The molecule has 1 aromatic carbocycles. The molecule has 2 aromatic rings. The van der Waals surface area contributed by atoms with Gasteiger partial charge in [-0.25, -0.2) is 0 Å². The van der Waals surface area contributed by atoms with Gasteiger partial charge >= 0.3 is 0 Å². The molecule has 0 aliphatic carbocycles. The number of hydrogen-bond acceptors (Lipinski definition) is 6. The highest BCUT2D eigenvalue weighted by molar-refractivity contribution is 8.26. The minimum atomic E-state index is -0.406. The number of nitrogens with zero attached hydrogens (tertiary/aromatic N) is 3. The Morgan fingerprint density at radius 3 is 2.86 bits per heavy atom. The predicted octanol–water partition coefficient (Wildman–Crippen LogP) is 3.01. The quantitative estimate of drug-likeness (QED) is 0.620. The third-order valence-corrected chi connectivity index (χ3v) is 6.00. The van der Waals surface area contributed by atoms with Crippen LogP contribution in [0.25, 0.3) is 6.08 Å². The van der Waals surface area contributed by atoms with Gasteiger partial charge in [-0.05, 0) is 66.5 Å². The molecule has 0 atom stereocenters. The number of thioether (sulfide) groups is 1. The molecule has 1 saturated heterocycles. The van der Waals surface area contributed by atoms with E-state index in [4.69, 9.17) is 12.2 Å². The normalized spacial score (nSPS) is 17.8. The Balaban J connectivity index is 1.53. The summed E-state index contributed by atoms with van der Waals surface area (Å²) in [5.41, 5.74) is 6.45. The van der Waals surface area contributed by atoms with Gasteiger partial charge < -0.3 is 4.90 Å². The fourth-order valence-corrected chi connectivity index (χ4v) is 4.46. The molecule has 0 unspecified atom stereocenters. The van der Waals surface area contributed by atoms with Crippen LogP contribution in [0.3, 0.4) is 0 Å². The average molecular weight is 411 g/mol. The predicted molar refractivity (Wildman–Crippen MR) is 115 cm³/mol. The Bertz CT molecular complexity index is 991. The maximum atomic E-state index is 12.7. The lowest BCUT2D eigenvalue weighted by atomic mass is 9.99. The molecule has 0 radical (unpaired) electrons. The van der Waals surface area contributed by atoms with Crippen LogP contribution in [0.5, 0.6) is 0 Å². The first-order valence-electron chi connectivity index (χ1n) is 8.86. The van der Waals surface area contributed by atoms with Crippen molar-refractivity contribution in [3.8, 4) is 0 Å². The molecule has 0 saturated carbocycles. The molecule has 3 heterocycles. The summed E-state index contributed by atoms with van der Waals surface area (Å²) in [6.07, 6.45) is 7.02. The number of rotatable bonds is 3. The monoisotopic (exact) mass is 410 g/mol. The molecule has 6 nitrogen and oxygen atoms in total. The van der Waals surface area contributed by atoms with Gasteiger partial charge in [-0.15, -0.1) is 0 Å². The molecule has 142 valence electrons. The van der Waals surface area contributed by atoms with Crippen LogP contribution in [0.2, 0.25) is 0 Å². The van der Waals surface area contributed by atoms with Gasteiger partial charge in [-0.2, -0.15) is 5.01 Å². The number of pyridine rings is 1. The molecule has 0 bridgehead atoms. The molecule has 1 N–H and O–H groups in total. The fourth-order valence-electron chi connectivity index (χ4n) is 3.28. The SMILES string of the molecule is CN1CCCc2cc(C=C3SC(=S)N(NC(=O)c4ccncc4)C3=O)ccc21. The van der Waals surface area contributed by atoms with E-state index in [1.54, 1.807) is 12.1 Å². The second-order valence-electron chi connectivity index (χ2n) is 6.61. The molecular weight excluding hydrogens is 392 g/mol. The largest absolute Gasteiger partial charge is 0.374 e. The highest BCUT2D eigenvalue weighted by Crippen LogP contribution is 2.33. The number of thiocarbonyl (C=S) groups is 1. The van der Waals surface area contributed by atoms with Crippen molar-refractivity contribution in [2.24, 2.45) is 0 Å². The van der Waals surface area contributed by atoms with Gasteiger partial charge in [0.2, 0.25) is 0 Å². The number of amides is 2. The average Bonchev–Trinajstić information content (AvgIpc) is 2.96. The third-order valence-electron chi connectivity index (χ3n) is 4.70. The zero-order valence-corrected chi connectivity index (χ0v) is 16.8. The van der Waals surface area contributed by atoms with E-state index in [2.05, 4.69) is 34.5 Å². The molecule has 8 heteroatoms. The number of nitrogens with one attached hydrogen (secondary N) is 1. The van der Waals surface area contributed by atoms with Crippen LogP contribution in [0.4, 0.5) is 5.69 Å². The summed E-state index contributed by atoms with van der Waals surface area (Å²) >= 11 is 6.47. The second-order valence-corrected chi connectivity index (χ2v) is 8.28. The van der Waals surface area contributed by atoms with Crippen LogP contribution in [0.15, 0.2) is 47.6 Å². The summed E-state index contributed by atoms with van der Waals surface area (Å²) in [5.74, 6) is -0.732. The number of fused-ring (bicyclic) bond motifs is 1. The van der Waals surface area contributed by atoms with Gasteiger partial charge in [0.15, 0.2) is 4.32 Å². The van der Waals surface area contributed by atoms with Crippen molar-refractivity contribution < 1.29 is 9.59 Å².